The van der Waals surface area contributed by atoms with Crippen LogP contribution in [0.4, 0.5) is 13.2 Å². The number of halogens is 4. The van der Waals surface area contributed by atoms with Crippen LogP contribution < -0.4 is 0 Å². The Hall–Kier alpha value is -0.740. The van der Waals surface area contributed by atoms with Gasteiger partial charge in [0.25, 0.3) is 0 Å². The molecule has 0 heterocycles. The van der Waals surface area contributed by atoms with Gasteiger partial charge in [-0.2, -0.15) is 13.2 Å². The van der Waals surface area contributed by atoms with Gasteiger partial charge in [0.1, 0.15) is 0 Å². The zero-order chi connectivity index (χ0) is 13.6. The predicted molar refractivity (Wildman–Crippen MR) is 65.9 cm³/mol. The molecule has 0 saturated carbocycles. The monoisotopic (exact) mass is 280 g/mol. The van der Waals surface area contributed by atoms with Crippen LogP contribution in [-0.4, -0.2) is 18.6 Å². The molecule has 0 fully saturated rings. The third kappa shape index (κ3) is 4.86. The Labute approximate surface area is 110 Å². The highest BCUT2D eigenvalue weighted by Gasteiger charge is 2.33. The smallest absolute Gasteiger partial charge is 0.382 e. The van der Waals surface area contributed by atoms with Gasteiger partial charge in [-0.15, -0.1) is 11.6 Å². The van der Waals surface area contributed by atoms with Crippen molar-refractivity contribution in [3.63, 3.8) is 0 Å². The van der Waals surface area contributed by atoms with Crippen LogP contribution in [-0.2, 0) is 17.3 Å². The minimum Gasteiger partial charge on any atom is -0.382 e. The molecule has 0 saturated heterocycles. The fraction of sp³-hybridized carbons (Fsp3) is 0.538. The molecule has 0 aliphatic carbocycles. The average molecular weight is 281 g/mol. The van der Waals surface area contributed by atoms with Crippen LogP contribution in [0.1, 0.15) is 24.5 Å². The van der Waals surface area contributed by atoms with E-state index in [4.69, 9.17) is 16.3 Å². The molecule has 5 heteroatoms. The second kappa shape index (κ2) is 7.00. The molecule has 1 unspecified atom stereocenters. The Morgan fingerprint density at radius 3 is 2.56 bits per heavy atom. The van der Waals surface area contributed by atoms with Crippen molar-refractivity contribution in [1.82, 2.24) is 0 Å². The third-order valence-corrected chi connectivity index (χ3v) is 2.92. The third-order valence-electron chi connectivity index (χ3n) is 2.54. The van der Waals surface area contributed by atoms with Crippen LogP contribution in [0, 0.1) is 0 Å². The first-order valence-corrected chi connectivity index (χ1v) is 6.25. The molecule has 1 atom stereocenters. The number of rotatable bonds is 6. The summed E-state index contributed by atoms with van der Waals surface area (Å²) in [5, 5.41) is -0.347. The van der Waals surface area contributed by atoms with Crippen molar-refractivity contribution in [1.29, 1.82) is 0 Å². The largest absolute Gasteiger partial charge is 0.416 e. The van der Waals surface area contributed by atoms with Crippen molar-refractivity contribution in [3.05, 3.63) is 35.4 Å². The lowest BCUT2D eigenvalue weighted by atomic mass is 10.0. The van der Waals surface area contributed by atoms with Crippen molar-refractivity contribution >= 4 is 11.6 Å². The molecule has 1 rings (SSSR count). The summed E-state index contributed by atoms with van der Waals surface area (Å²) < 4.78 is 43.3. The van der Waals surface area contributed by atoms with E-state index < -0.39 is 11.7 Å². The summed E-state index contributed by atoms with van der Waals surface area (Å²) in [6, 6.07) is 5.53. The van der Waals surface area contributed by atoms with Gasteiger partial charge in [0.2, 0.25) is 0 Å². The van der Waals surface area contributed by atoms with Gasteiger partial charge in [-0.1, -0.05) is 18.2 Å². The first-order chi connectivity index (χ1) is 8.45. The van der Waals surface area contributed by atoms with E-state index in [9.17, 15) is 13.2 Å². The van der Waals surface area contributed by atoms with Crippen LogP contribution in [0.25, 0.3) is 0 Å². The van der Waals surface area contributed by atoms with Gasteiger partial charge < -0.3 is 4.74 Å². The van der Waals surface area contributed by atoms with E-state index in [1.165, 1.54) is 12.1 Å². The topological polar surface area (TPSA) is 9.23 Å². The van der Waals surface area contributed by atoms with E-state index >= 15 is 0 Å². The highest BCUT2D eigenvalue weighted by molar-refractivity contribution is 6.20. The Balaban J connectivity index is 2.66. The van der Waals surface area contributed by atoms with Crippen molar-refractivity contribution in [2.24, 2.45) is 0 Å². The van der Waals surface area contributed by atoms with Crippen LogP contribution in [0.15, 0.2) is 24.3 Å². The second-order valence-electron chi connectivity index (χ2n) is 3.94. The van der Waals surface area contributed by atoms with Crippen LogP contribution in [0.3, 0.4) is 0 Å². The molecule has 0 aliphatic rings. The van der Waals surface area contributed by atoms with Crippen LogP contribution >= 0.6 is 11.6 Å². The first-order valence-electron chi connectivity index (χ1n) is 5.82. The van der Waals surface area contributed by atoms with Gasteiger partial charge in [0, 0.05) is 18.6 Å². The molecule has 0 bridgehead atoms. The maximum atomic E-state index is 12.7. The Bertz CT molecular complexity index is 365. The lowest BCUT2D eigenvalue weighted by Crippen LogP contribution is -2.14. The summed E-state index contributed by atoms with van der Waals surface area (Å²) >= 11 is 6.03. The maximum Gasteiger partial charge on any atom is 0.416 e. The Morgan fingerprint density at radius 2 is 1.94 bits per heavy atom. The lowest BCUT2D eigenvalue weighted by molar-refractivity contribution is -0.138. The van der Waals surface area contributed by atoms with Gasteiger partial charge in [-0.3, -0.25) is 0 Å². The van der Waals surface area contributed by atoms with Gasteiger partial charge in [0.15, 0.2) is 0 Å². The SMILES string of the molecule is CCOCCC(Cl)Cc1ccccc1C(F)(F)F. The summed E-state index contributed by atoms with van der Waals surface area (Å²) in [5.74, 6) is 0. The molecule has 1 nitrogen and oxygen atoms in total. The maximum absolute atomic E-state index is 12.7. The molecule has 0 amide bonds. The minimum atomic E-state index is -4.33. The molecule has 18 heavy (non-hydrogen) atoms. The van der Waals surface area contributed by atoms with Crippen LogP contribution in [0.5, 0.6) is 0 Å². The van der Waals surface area contributed by atoms with Crippen molar-refractivity contribution in [2.45, 2.75) is 31.3 Å². The second-order valence-corrected chi connectivity index (χ2v) is 4.56. The molecule has 0 N–H and O–H groups in total. The predicted octanol–water partition coefficient (Wildman–Crippen LogP) is 4.28. The number of hydrogen-bond acceptors (Lipinski definition) is 1. The van der Waals surface area contributed by atoms with E-state index in [1.807, 2.05) is 6.92 Å². The standard InChI is InChI=1S/C13H16ClF3O/c1-2-18-8-7-11(14)9-10-5-3-4-6-12(10)13(15,16)17/h3-6,11H,2,7-9H2,1H3. The number of benzene rings is 1. The molecular weight excluding hydrogens is 265 g/mol. The van der Waals surface area contributed by atoms with E-state index in [1.54, 1.807) is 6.07 Å². The summed E-state index contributed by atoms with van der Waals surface area (Å²) in [6.07, 6.45) is -3.58. The average Bonchev–Trinajstić information content (AvgIpc) is 2.28. The molecule has 0 radical (unpaired) electrons. The quantitative estimate of drug-likeness (QED) is 0.558. The van der Waals surface area contributed by atoms with Crippen molar-refractivity contribution in [3.8, 4) is 0 Å². The fourth-order valence-corrected chi connectivity index (χ4v) is 1.93. The number of ether oxygens (including phenoxy) is 1. The summed E-state index contributed by atoms with van der Waals surface area (Å²) in [4.78, 5) is 0. The normalized spacial score (nSPS) is 13.6. The van der Waals surface area contributed by atoms with Gasteiger partial charge in [-0.05, 0) is 31.4 Å². The number of hydrogen-bond donors (Lipinski definition) is 0. The van der Waals surface area contributed by atoms with E-state index in [0.717, 1.165) is 6.07 Å². The summed E-state index contributed by atoms with van der Waals surface area (Å²) in [7, 11) is 0. The summed E-state index contributed by atoms with van der Waals surface area (Å²) in [6.45, 7) is 2.92. The summed E-state index contributed by atoms with van der Waals surface area (Å²) in [5.41, 5.74) is -0.367. The molecule has 0 aliphatic heterocycles. The van der Waals surface area contributed by atoms with Crippen molar-refractivity contribution < 1.29 is 17.9 Å². The molecule has 102 valence electrons. The molecule has 1 aromatic rings. The van der Waals surface area contributed by atoms with Crippen molar-refractivity contribution in [2.75, 3.05) is 13.2 Å². The van der Waals surface area contributed by atoms with Gasteiger partial charge >= 0.3 is 6.18 Å². The molecule has 0 spiro atoms. The number of alkyl halides is 4. The van der Waals surface area contributed by atoms with Gasteiger partial charge in [-0.25, -0.2) is 0 Å². The van der Waals surface area contributed by atoms with E-state index in [0.29, 0.717) is 19.6 Å². The van der Waals surface area contributed by atoms with E-state index in [2.05, 4.69) is 0 Å². The zero-order valence-corrected chi connectivity index (χ0v) is 10.9. The fourth-order valence-electron chi connectivity index (χ4n) is 1.67. The minimum absolute atomic E-state index is 0.199. The lowest BCUT2D eigenvalue weighted by Gasteiger charge is -2.15. The molecule has 0 aromatic heterocycles. The Kier molecular flexibility index (Phi) is 5.96. The highest BCUT2D eigenvalue weighted by atomic mass is 35.5. The van der Waals surface area contributed by atoms with Crippen LogP contribution in [0.2, 0.25) is 0 Å². The molecular formula is C13H16ClF3O. The first kappa shape index (κ1) is 15.3. The highest BCUT2D eigenvalue weighted by Crippen LogP contribution is 2.32. The van der Waals surface area contributed by atoms with Gasteiger partial charge in [0.05, 0.1) is 5.56 Å². The Morgan fingerprint density at radius 1 is 1.28 bits per heavy atom. The molecule has 1 aromatic carbocycles. The van der Waals surface area contributed by atoms with E-state index in [-0.39, 0.29) is 17.4 Å². The zero-order valence-electron chi connectivity index (χ0n) is 10.1.